The van der Waals surface area contributed by atoms with Crippen molar-refractivity contribution in [3.05, 3.63) is 68.7 Å². The zero-order chi connectivity index (χ0) is 13.8. The lowest BCUT2D eigenvalue weighted by Crippen LogP contribution is -1.84. The second kappa shape index (κ2) is 6.12. The second-order valence-corrected chi connectivity index (χ2v) is 5.13. The van der Waals surface area contributed by atoms with Crippen molar-refractivity contribution in [3.63, 3.8) is 0 Å². The van der Waals surface area contributed by atoms with Crippen LogP contribution in [-0.4, -0.2) is 0 Å². The summed E-state index contributed by atoms with van der Waals surface area (Å²) in [5.41, 5.74) is 1.95. The van der Waals surface area contributed by atoms with E-state index < -0.39 is 0 Å². The first-order valence-electron chi connectivity index (χ1n) is 5.43. The number of halogens is 3. The van der Waals surface area contributed by atoms with Crippen LogP contribution in [0.15, 0.2) is 42.5 Å². The molecule has 19 heavy (non-hydrogen) atoms. The molecule has 0 spiro atoms. The Balaban J connectivity index is 2.48. The first-order valence-corrected chi connectivity index (χ1v) is 6.56. The maximum atomic E-state index is 9.26. The topological polar surface area (TPSA) is 23.8 Å². The molecule has 0 aliphatic heterocycles. The fourth-order valence-electron chi connectivity index (χ4n) is 1.64. The van der Waals surface area contributed by atoms with Crippen molar-refractivity contribution in [3.8, 4) is 6.07 Å². The number of allylic oxidation sites excluding steroid dienone is 1. The molecule has 0 saturated heterocycles. The summed E-state index contributed by atoms with van der Waals surface area (Å²) in [6, 6.07) is 14.4. The van der Waals surface area contributed by atoms with E-state index >= 15 is 0 Å². The molecular formula is C15H8Cl3N. The van der Waals surface area contributed by atoms with Gasteiger partial charge in [0.15, 0.2) is 0 Å². The van der Waals surface area contributed by atoms with Gasteiger partial charge in [0.05, 0.1) is 16.7 Å². The second-order valence-electron chi connectivity index (χ2n) is 3.85. The minimum atomic E-state index is 0.447. The Morgan fingerprint density at radius 1 is 1.00 bits per heavy atom. The Labute approximate surface area is 126 Å². The van der Waals surface area contributed by atoms with Crippen LogP contribution in [0.3, 0.4) is 0 Å². The molecule has 4 heteroatoms. The minimum Gasteiger partial charge on any atom is -0.192 e. The number of benzene rings is 2. The van der Waals surface area contributed by atoms with Gasteiger partial charge in [0.2, 0.25) is 0 Å². The lowest BCUT2D eigenvalue weighted by molar-refractivity contribution is 1.52. The van der Waals surface area contributed by atoms with Crippen LogP contribution < -0.4 is 0 Å². The van der Waals surface area contributed by atoms with Gasteiger partial charge in [-0.1, -0.05) is 53.0 Å². The van der Waals surface area contributed by atoms with Crippen molar-refractivity contribution in [2.45, 2.75) is 0 Å². The van der Waals surface area contributed by atoms with Gasteiger partial charge in [0.1, 0.15) is 0 Å². The van der Waals surface area contributed by atoms with Crippen molar-refractivity contribution >= 4 is 46.5 Å². The Kier molecular flexibility index (Phi) is 4.50. The van der Waals surface area contributed by atoms with Crippen molar-refractivity contribution < 1.29 is 0 Å². The van der Waals surface area contributed by atoms with Crippen LogP contribution in [0.5, 0.6) is 0 Å². The molecule has 0 fully saturated rings. The van der Waals surface area contributed by atoms with Crippen molar-refractivity contribution in [1.82, 2.24) is 0 Å². The van der Waals surface area contributed by atoms with Crippen molar-refractivity contribution in [2.75, 3.05) is 0 Å². The van der Waals surface area contributed by atoms with Crippen LogP contribution in [0, 0.1) is 11.3 Å². The van der Waals surface area contributed by atoms with E-state index in [-0.39, 0.29) is 0 Å². The van der Waals surface area contributed by atoms with Gasteiger partial charge in [-0.3, -0.25) is 0 Å². The van der Waals surface area contributed by atoms with Crippen molar-refractivity contribution in [1.29, 1.82) is 5.26 Å². The van der Waals surface area contributed by atoms with Crippen molar-refractivity contribution in [2.24, 2.45) is 0 Å². The van der Waals surface area contributed by atoms with Crippen LogP contribution in [0.25, 0.3) is 11.6 Å². The molecule has 0 N–H and O–H groups in total. The van der Waals surface area contributed by atoms with E-state index in [0.29, 0.717) is 26.2 Å². The molecule has 94 valence electrons. The average molecular weight is 309 g/mol. The summed E-state index contributed by atoms with van der Waals surface area (Å²) < 4.78 is 0. The first kappa shape index (κ1) is 14.0. The highest BCUT2D eigenvalue weighted by Gasteiger charge is 2.07. The maximum Gasteiger partial charge on any atom is 0.0998 e. The average Bonchev–Trinajstić information content (AvgIpc) is 2.37. The number of nitriles is 1. The standard InChI is InChI=1S/C15H8Cl3N/c16-12-3-1-2-10(7-12)6-11(9-19)14-5-4-13(17)8-15(14)18/h1-8H/b11-6-. The van der Waals surface area contributed by atoms with Gasteiger partial charge in [-0.15, -0.1) is 0 Å². The van der Waals surface area contributed by atoms with Crippen LogP contribution in [0.2, 0.25) is 15.1 Å². The van der Waals surface area contributed by atoms with Gasteiger partial charge in [0.25, 0.3) is 0 Å². The molecule has 0 saturated carbocycles. The van der Waals surface area contributed by atoms with E-state index in [0.717, 1.165) is 5.56 Å². The maximum absolute atomic E-state index is 9.26. The Bertz CT molecular complexity index is 684. The fourth-order valence-corrected chi connectivity index (χ4v) is 2.35. The third-order valence-electron chi connectivity index (χ3n) is 2.50. The molecule has 0 amide bonds. The van der Waals surface area contributed by atoms with Crippen LogP contribution in [0.1, 0.15) is 11.1 Å². The van der Waals surface area contributed by atoms with Gasteiger partial charge < -0.3 is 0 Å². The molecule has 0 aliphatic rings. The Morgan fingerprint density at radius 3 is 2.37 bits per heavy atom. The van der Waals surface area contributed by atoms with E-state index in [9.17, 15) is 5.26 Å². The predicted molar refractivity (Wildman–Crippen MR) is 81.4 cm³/mol. The van der Waals surface area contributed by atoms with Gasteiger partial charge >= 0.3 is 0 Å². The lowest BCUT2D eigenvalue weighted by Gasteiger charge is -2.03. The molecule has 0 heterocycles. The van der Waals surface area contributed by atoms with E-state index in [4.69, 9.17) is 34.8 Å². The fraction of sp³-hybridized carbons (Fsp3) is 0. The smallest absolute Gasteiger partial charge is 0.0998 e. The molecule has 0 bridgehead atoms. The minimum absolute atomic E-state index is 0.447. The van der Waals surface area contributed by atoms with Gasteiger partial charge in [-0.2, -0.15) is 5.26 Å². The number of nitrogens with zero attached hydrogens (tertiary/aromatic N) is 1. The Morgan fingerprint density at radius 2 is 1.74 bits per heavy atom. The van der Waals surface area contributed by atoms with Gasteiger partial charge in [-0.05, 0) is 35.9 Å². The zero-order valence-electron chi connectivity index (χ0n) is 9.70. The summed E-state index contributed by atoms with van der Waals surface area (Å²) >= 11 is 17.9. The summed E-state index contributed by atoms with van der Waals surface area (Å²) in [5, 5.41) is 10.9. The summed E-state index contributed by atoms with van der Waals surface area (Å²) in [4.78, 5) is 0. The zero-order valence-corrected chi connectivity index (χ0v) is 12.0. The van der Waals surface area contributed by atoms with E-state index in [1.807, 2.05) is 12.1 Å². The Hall–Kier alpha value is -1.46. The van der Waals surface area contributed by atoms with Crippen LogP contribution in [-0.2, 0) is 0 Å². The summed E-state index contributed by atoms with van der Waals surface area (Å²) in [7, 11) is 0. The molecule has 0 atom stereocenters. The highest BCUT2D eigenvalue weighted by molar-refractivity contribution is 6.36. The highest BCUT2D eigenvalue weighted by Crippen LogP contribution is 2.28. The molecule has 2 aromatic rings. The molecule has 0 unspecified atom stereocenters. The largest absolute Gasteiger partial charge is 0.192 e. The highest BCUT2D eigenvalue weighted by atomic mass is 35.5. The molecule has 0 aliphatic carbocycles. The molecule has 1 nitrogen and oxygen atoms in total. The third-order valence-corrected chi connectivity index (χ3v) is 3.28. The van der Waals surface area contributed by atoms with Gasteiger partial charge in [-0.25, -0.2) is 0 Å². The summed E-state index contributed by atoms with van der Waals surface area (Å²) in [5.74, 6) is 0. The van der Waals surface area contributed by atoms with E-state index in [1.54, 1.807) is 36.4 Å². The SMILES string of the molecule is N#C/C(=C/c1cccc(Cl)c1)c1ccc(Cl)cc1Cl. The van der Waals surface area contributed by atoms with Crippen LogP contribution >= 0.6 is 34.8 Å². The molecule has 0 radical (unpaired) electrons. The predicted octanol–water partition coefficient (Wildman–Crippen LogP) is 5.71. The number of rotatable bonds is 2. The lowest BCUT2D eigenvalue weighted by atomic mass is 10.0. The quantitative estimate of drug-likeness (QED) is 0.515. The first-order chi connectivity index (χ1) is 9.10. The van der Waals surface area contributed by atoms with Crippen LogP contribution in [0.4, 0.5) is 0 Å². The van der Waals surface area contributed by atoms with E-state index in [1.165, 1.54) is 0 Å². The monoisotopic (exact) mass is 307 g/mol. The normalized spacial score (nSPS) is 11.2. The molecule has 0 aromatic heterocycles. The number of hydrogen-bond acceptors (Lipinski definition) is 1. The number of hydrogen-bond donors (Lipinski definition) is 0. The van der Waals surface area contributed by atoms with E-state index in [2.05, 4.69) is 6.07 Å². The molecule has 2 aromatic carbocycles. The van der Waals surface area contributed by atoms with Gasteiger partial charge in [0, 0.05) is 15.6 Å². The summed E-state index contributed by atoms with van der Waals surface area (Å²) in [6.07, 6.45) is 1.74. The summed E-state index contributed by atoms with van der Waals surface area (Å²) in [6.45, 7) is 0. The molecule has 2 rings (SSSR count). The molecular weight excluding hydrogens is 301 g/mol. The third kappa shape index (κ3) is 3.52.